The average Bonchev–Trinajstić information content (AvgIpc) is 2.38. The van der Waals surface area contributed by atoms with Crippen LogP contribution in [0.25, 0.3) is 0 Å². The summed E-state index contributed by atoms with van der Waals surface area (Å²) in [5.41, 5.74) is 2.31. The number of carbonyl (C=O) groups excluding carboxylic acids is 2. The number of ether oxygens (including phenoxy) is 1. The van der Waals surface area contributed by atoms with Crippen LogP contribution in [0.2, 0.25) is 0 Å². The Balaban J connectivity index is 2.21. The highest BCUT2D eigenvalue weighted by atomic mass is 16.6. The molecule has 2 rings (SSSR count). The molecule has 2 atom stereocenters. The van der Waals surface area contributed by atoms with Crippen LogP contribution in [0, 0.1) is 0 Å². The van der Waals surface area contributed by atoms with Gasteiger partial charge in [-0.2, -0.15) is 0 Å². The van der Waals surface area contributed by atoms with E-state index < -0.39 is 18.2 Å². The van der Waals surface area contributed by atoms with E-state index in [0.29, 0.717) is 12.1 Å². The van der Waals surface area contributed by atoms with Crippen molar-refractivity contribution in [2.45, 2.75) is 32.6 Å². The fourth-order valence-corrected chi connectivity index (χ4v) is 2.19. The molecule has 20 heavy (non-hydrogen) atoms. The van der Waals surface area contributed by atoms with Gasteiger partial charge in [-0.15, -0.1) is 0 Å². The lowest BCUT2D eigenvalue weighted by molar-refractivity contribution is -0.151. The number of rotatable bonds is 3. The fourth-order valence-electron chi connectivity index (χ4n) is 2.19. The molecule has 0 saturated carbocycles. The van der Waals surface area contributed by atoms with Gasteiger partial charge in [0.2, 0.25) is 0 Å². The normalized spacial score (nSPS) is 17.0. The predicted octanol–water partition coefficient (Wildman–Crippen LogP) is 1.65. The summed E-state index contributed by atoms with van der Waals surface area (Å²) >= 11 is 0. The third-order valence-electron chi connectivity index (χ3n) is 3.26. The molecular formula is C14H18N2O4. The fraction of sp³-hybridized carbons (Fsp3) is 0.429. The van der Waals surface area contributed by atoms with E-state index in [2.05, 4.69) is 5.32 Å². The zero-order chi connectivity index (χ0) is 14.9. The molecule has 0 aromatic heterocycles. The largest absolute Gasteiger partial charge is 0.460 e. The van der Waals surface area contributed by atoms with Crippen molar-refractivity contribution in [1.82, 2.24) is 4.90 Å². The maximum absolute atomic E-state index is 11.5. The number of nitrogens with zero attached hydrogens (tertiary/aromatic N) is 1. The second-order valence-corrected chi connectivity index (χ2v) is 4.96. The third-order valence-corrected chi connectivity index (χ3v) is 3.26. The van der Waals surface area contributed by atoms with Crippen molar-refractivity contribution in [3.63, 3.8) is 0 Å². The van der Waals surface area contributed by atoms with Gasteiger partial charge in [0.1, 0.15) is 12.2 Å². The van der Waals surface area contributed by atoms with E-state index in [-0.39, 0.29) is 6.03 Å². The lowest BCUT2D eigenvalue weighted by Gasteiger charge is -2.27. The molecule has 0 aliphatic carbocycles. The number of aliphatic hydroxyl groups is 1. The number of esters is 1. The van der Waals surface area contributed by atoms with E-state index in [1.807, 2.05) is 6.07 Å². The lowest BCUT2D eigenvalue weighted by Crippen LogP contribution is -2.35. The molecule has 2 N–H and O–H groups in total. The Bertz CT molecular complexity index is 544. The number of amides is 2. The molecule has 1 heterocycles. The molecule has 1 aliphatic heterocycles. The molecule has 0 fully saturated rings. The Morgan fingerprint density at radius 1 is 1.50 bits per heavy atom. The summed E-state index contributed by atoms with van der Waals surface area (Å²) in [4.78, 5) is 24.0. The molecule has 2 amide bonds. The Morgan fingerprint density at radius 2 is 2.20 bits per heavy atom. The zero-order valence-corrected chi connectivity index (χ0v) is 11.7. The molecule has 0 saturated heterocycles. The summed E-state index contributed by atoms with van der Waals surface area (Å²) in [6.45, 7) is 3.42. The van der Waals surface area contributed by atoms with Gasteiger partial charge in [-0.1, -0.05) is 6.07 Å². The highest BCUT2D eigenvalue weighted by Crippen LogP contribution is 2.28. The van der Waals surface area contributed by atoms with Crippen LogP contribution >= 0.6 is 0 Å². The SMILES string of the molecule is CC(=O)OC(C)C(O)c1ccc2c(c1)CN(C)C(=O)N2. The first kappa shape index (κ1) is 14.3. The number of aliphatic hydroxyl groups excluding tert-OH is 1. The number of urea groups is 1. The second kappa shape index (κ2) is 5.50. The van der Waals surface area contributed by atoms with Crippen LogP contribution in [0.5, 0.6) is 0 Å². The molecule has 0 spiro atoms. The monoisotopic (exact) mass is 278 g/mol. The minimum absolute atomic E-state index is 0.154. The van der Waals surface area contributed by atoms with Gasteiger partial charge in [0.25, 0.3) is 0 Å². The van der Waals surface area contributed by atoms with Crippen molar-refractivity contribution in [2.75, 3.05) is 12.4 Å². The minimum atomic E-state index is -0.896. The van der Waals surface area contributed by atoms with Crippen molar-refractivity contribution in [3.05, 3.63) is 29.3 Å². The Kier molecular flexibility index (Phi) is 3.94. The van der Waals surface area contributed by atoms with Crippen LogP contribution in [0.4, 0.5) is 10.5 Å². The topological polar surface area (TPSA) is 78.9 Å². The van der Waals surface area contributed by atoms with Gasteiger partial charge in [-0.25, -0.2) is 4.79 Å². The van der Waals surface area contributed by atoms with Crippen LogP contribution < -0.4 is 5.32 Å². The van der Waals surface area contributed by atoms with E-state index in [4.69, 9.17) is 4.74 Å². The first-order chi connectivity index (χ1) is 9.38. The maximum atomic E-state index is 11.5. The first-order valence-electron chi connectivity index (χ1n) is 6.38. The second-order valence-electron chi connectivity index (χ2n) is 4.96. The van der Waals surface area contributed by atoms with Crippen LogP contribution in [0.15, 0.2) is 18.2 Å². The van der Waals surface area contributed by atoms with Crippen molar-refractivity contribution >= 4 is 17.7 Å². The van der Waals surface area contributed by atoms with Crippen LogP contribution in [0.1, 0.15) is 31.1 Å². The number of benzene rings is 1. The number of hydrogen-bond donors (Lipinski definition) is 2. The molecule has 1 aliphatic rings. The molecule has 108 valence electrons. The van der Waals surface area contributed by atoms with Crippen molar-refractivity contribution in [3.8, 4) is 0 Å². The van der Waals surface area contributed by atoms with Crippen molar-refractivity contribution < 1.29 is 19.4 Å². The first-order valence-corrected chi connectivity index (χ1v) is 6.38. The Labute approximate surface area is 117 Å². The van der Waals surface area contributed by atoms with E-state index in [0.717, 1.165) is 11.3 Å². The molecule has 1 aromatic rings. The molecular weight excluding hydrogens is 260 g/mol. The molecule has 6 nitrogen and oxygen atoms in total. The number of hydrogen-bond acceptors (Lipinski definition) is 4. The van der Waals surface area contributed by atoms with Gasteiger partial charge in [-0.3, -0.25) is 4.79 Å². The number of carbonyl (C=O) groups is 2. The summed E-state index contributed by atoms with van der Waals surface area (Å²) in [6, 6.07) is 5.13. The standard InChI is InChI=1S/C14H18N2O4/c1-8(20-9(2)17)13(18)10-4-5-12-11(6-10)7-16(3)14(19)15-12/h4-6,8,13,18H,7H2,1-3H3,(H,15,19). The van der Waals surface area contributed by atoms with Gasteiger partial charge in [-0.05, 0) is 30.2 Å². The quantitative estimate of drug-likeness (QED) is 0.824. The van der Waals surface area contributed by atoms with Gasteiger partial charge < -0.3 is 20.1 Å². The third kappa shape index (κ3) is 2.91. The summed E-state index contributed by atoms with van der Waals surface area (Å²) in [7, 11) is 1.70. The summed E-state index contributed by atoms with van der Waals surface area (Å²) in [6.07, 6.45) is -1.52. The summed E-state index contributed by atoms with van der Waals surface area (Å²) in [5, 5.41) is 12.9. The zero-order valence-electron chi connectivity index (χ0n) is 11.7. The molecule has 1 aromatic carbocycles. The number of fused-ring (bicyclic) bond motifs is 1. The van der Waals surface area contributed by atoms with Crippen LogP contribution in [-0.2, 0) is 16.1 Å². The lowest BCUT2D eigenvalue weighted by atomic mass is 10.00. The molecule has 6 heteroatoms. The average molecular weight is 278 g/mol. The van der Waals surface area contributed by atoms with Gasteiger partial charge >= 0.3 is 12.0 Å². The molecule has 0 bridgehead atoms. The van der Waals surface area contributed by atoms with Crippen molar-refractivity contribution in [2.24, 2.45) is 0 Å². The van der Waals surface area contributed by atoms with Crippen LogP contribution in [0.3, 0.4) is 0 Å². The summed E-state index contributed by atoms with van der Waals surface area (Å²) < 4.78 is 4.98. The smallest absolute Gasteiger partial charge is 0.321 e. The van der Waals surface area contributed by atoms with Gasteiger partial charge in [0.05, 0.1) is 0 Å². The highest BCUT2D eigenvalue weighted by molar-refractivity contribution is 5.92. The van der Waals surface area contributed by atoms with Crippen molar-refractivity contribution in [1.29, 1.82) is 0 Å². The minimum Gasteiger partial charge on any atom is -0.460 e. The van der Waals surface area contributed by atoms with E-state index in [1.54, 1.807) is 31.0 Å². The Morgan fingerprint density at radius 3 is 2.85 bits per heavy atom. The molecule has 0 radical (unpaired) electrons. The van der Waals surface area contributed by atoms with E-state index in [1.165, 1.54) is 6.92 Å². The predicted molar refractivity (Wildman–Crippen MR) is 73.1 cm³/mol. The maximum Gasteiger partial charge on any atom is 0.321 e. The van der Waals surface area contributed by atoms with E-state index in [9.17, 15) is 14.7 Å². The molecule has 2 unspecified atom stereocenters. The van der Waals surface area contributed by atoms with Gasteiger partial charge in [0, 0.05) is 26.2 Å². The van der Waals surface area contributed by atoms with Crippen LogP contribution in [-0.4, -0.2) is 35.2 Å². The highest BCUT2D eigenvalue weighted by Gasteiger charge is 2.23. The summed E-state index contributed by atoms with van der Waals surface area (Å²) in [5.74, 6) is -0.429. The Hall–Kier alpha value is -2.08. The van der Waals surface area contributed by atoms with Gasteiger partial charge in [0.15, 0.2) is 0 Å². The van der Waals surface area contributed by atoms with E-state index >= 15 is 0 Å². The number of anilines is 1. The number of nitrogens with one attached hydrogen (secondary N) is 1.